The van der Waals surface area contributed by atoms with Crippen LogP contribution >= 0.6 is 0 Å². The Kier molecular flexibility index (Phi) is 5.73. The molecule has 1 saturated heterocycles. The van der Waals surface area contributed by atoms with Crippen molar-refractivity contribution in [3.8, 4) is 17.1 Å². The van der Waals surface area contributed by atoms with E-state index in [2.05, 4.69) is 15.3 Å². The number of hydrogen-bond donors (Lipinski definition) is 1. The SMILES string of the molecule is Cn1cccc1-c1cc(C(=O)NCCN2CCOCC2)n(-c2ccc(F)cc2)n1. The molecule has 1 N–H and O–H groups in total. The highest BCUT2D eigenvalue weighted by atomic mass is 19.1. The number of benzene rings is 1. The molecule has 0 spiro atoms. The summed E-state index contributed by atoms with van der Waals surface area (Å²) in [6.07, 6.45) is 1.92. The van der Waals surface area contributed by atoms with Gasteiger partial charge in [-0.2, -0.15) is 5.10 Å². The van der Waals surface area contributed by atoms with E-state index in [1.807, 2.05) is 29.9 Å². The monoisotopic (exact) mass is 397 g/mol. The number of amides is 1. The Morgan fingerprint density at radius 3 is 2.66 bits per heavy atom. The fraction of sp³-hybridized carbons (Fsp3) is 0.333. The van der Waals surface area contributed by atoms with Crippen molar-refractivity contribution in [3.63, 3.8) is 0 Å². The van der Waals surface area contributed by atoms with Crippen LogP contribution in [0.25, 0.3) is 17.1 Å². The summed E-state index contributed by atoms with van der Waals surface area (Å²) in [6, 6.07) is 11.6. The molecule has 29 heavy (non-hydrogen) atoms. The van der Waals surface area contributed by atoms with Gasteiger partial charge in [-0.25, -0.2) is 9.07 Å². The topological polar surface area (TPSA) is 64.3 Å². The average Bonchev–Trinajstić information content (AvgIpc) is 3.35. The first-order valence-electron chi connectivity index (χ1n) is 9.68. The summed E-state index contributed by atoms with van der Waals surface area (Å²) >= 11 is 0. The van der Waals surface area contributed by atoms with Crippen molar-refractivity contribution in [2.45, 2.75) is 0 Å². The number of carbonyl (C=O) groups excluding carboxylic acids is 1. The largest absolute Gasteiger partial charge is 0.379 e. The third-order valence-corrected chi connectivity index (χ3v) is 5.04. The maximum absolute atomic E-state index is 13.4. The Hall–Kier alpha value is -2.97. The molecule has 1 aliphatic rings. The van der Waals surface area contributed by atoms with Crippen molar-refractivity contribution >= 4 is 5.91 Å². The van der Waals surface area contributed by atoms with Gasteiger partial charge in [-0.15, -0.1) is 0 Å². The number of carbonyl (C=O) groups is 1. The molecule has 0 aliphatic carbocycles. The Bertz CT molecular complexity index is 973. The van der Waals surface area contributed by atoms with Gasteiger partial charge in [0.25, 0.3) is 5.91 Å². The number of nitrogens with one attached hydrogen (secondary N) is 1. The molecule has 3 aromatic rings. The van der Waals surface area contributed by atoms with Crippen molar-refractivity contribution in [2.24, 2.45) is 7.05 Å². The lowest BCUT2D eigenvalue weighted by Gasteiger charge is -2.26. The summed E-state index contributed by atoms with van der Waals surface area (Å²) < 4.78 is 22.2. The van der Waals surface area contributed by atoms with E-state index in [0.717, 1.165) is 38.5 Å². The maximum atomic E-state index is 13.4. The van der Waals surface area contributed by atoms with Gasteiger partial charge in [-0.1, -0.05) is 0 Å². The summed E-state index contributed by atoms with van der Waals surface area (Å²) in [5.41, 5.74) is 2.62. The quantitative estimate of drug-likeness (QED) is 0.692. The van der Waals surface area contributed by atoms with Crippen LogP contribution in [0.1, 0.15) is 10.5 Å². The van der Waals surface area contributed by atoms with Crippen LogP contribution in [-0.2, 0) is 11.8 Å². The number of nitrogens with zero attached hydrogens (tertiary/aromatic N) is 4. The van der Waals surface area contributed by atoms with Crippen molar-refractivity contribution < 1.29 is 13.9 Å². The van der Waals surface area contributed by atoms with Gasteiger partial charge in [0.05, 0.1) is 24.6 Å². The summed E-state index contributed by atoms with van der Waals surface area (Å²) in [4.78, 5) is 15.2. The number of rotatable bonds is 6. The van der Waals surface area contributed by atoms with E-state index in [1.54, 1.807) is 22.9 Å². The standard InChI is InChI=1S/C21H24FN5O2/c1-25-9-2-3-19(25)18-15-20(27(24-18)17-6-4-16(22)5-7-17)21(28)23-8-10-26-11-13-29-14-12-26/h2-7,9,15H,8,10-14H2,1H3,(H,23,28). The number of halogens is 1. The van der Waals surface area contributed by atoms with Crippen molar-refractivity contribution in [1.29, 1.82) is 0 Å². The summed E-state index contributed by atoms with van der Waals surface area (Å²) in [5, 5.41) is 7.60. The minimum Gasteiger partial charge on any atom is -0.379 e. The fourth-order valence-electron chi connectivity index (χ4n) is 3.42. The molecular formula is C21H24FN5O2. The van der Waals surface area contributed by atoms with E-state index in [0.29, 0.717) is 23.6 Å². The molecule has 0 bridgehead atoms. The lowest BCUT2D eigenvalue weighted by atomic mass is 10.2. The second-order valence-corrected chi connectivity index (χ2v) is 7.02. The number of aryl methyl sites for hydroxylation is 1. The zero-order chi connectivity index (χ0) is 20.2. The van der Waals surface area contributed by atoms with E-state index in [1.165, 1.54) is 12.1 Å². The molecule has 7 nitrogen and oxygen atoms in total. The lowest BCUT2D eigenvalue weighted by Crippen LogP contribution is -2.41. The van der Waals surface area contributed by atoms with E-state index >= 15 is 0 Å². The molecule has 152 valence electrons. The van der Waals surface area contributed by atoms with Crippen molar-refractivity contribution in [1.82, 2.24) is 24.6 Å². The number of morpholine rings is 1. The lowest BCUT2D eigenvalue weighted by molar-refractivity contribution is 0.0383. The molecule has 0 radical (unpaired) electrons. The van der Waals surface area contributed by atoms with E-state index in [4.69, 9.17) is 4.74 Å². The van der Waals surface area contributed by atoms with Gasteiger partial charge in [-0.05, 0) is 42.5 Å². The third-order valence-electron chi connectivity index (χ3n) is 5.04. The zero-order valence-corrected chi connectivity index (χ0v) is 16.3. The van der Waals surface area contributed by atoms with Crippen LogP contribution in [0.3, 0.4) is 0 Å². The van der Waals surface area contributed by atoms with Gasteiger partial charge in [0.1, 0.15) is 17.2 Å². The molecule has 2 aromatic heterocycles. The Morgan fingerprint density at radius 2 is 1.97 bits per heavy atom. The number of hydrogen-bond acceptors (Lipinski definition) is 4. The summed E-state index contributed by atoms with van der Waals surface area (Å²) in [5.74, 6) is -0.546. The molecule has 4 rings (SSSR count). The molecule has 1 fully saturated rings. The van der Waals surface area contributed by atoms with Gasteiger partial charge in [0.15, 0.2) is 0 Å². The van der Waals surface area contributed by atoms with Gasteiger partial charge in [-0.3, -0.25) is 9.69 Å². The molecule has 1 amide bonds. The maximum Gasteiger partial charge on any atom is 0.270 e. The zero-order valence-electron chi connectivity index (χ0n) is 16.3. The highest BCUT2D eigenvalue weighted by molar-refractivity contribution is 5.94. The third kappa shape index (κ3) is 4.38. The predicted molar refractivity (Wildman–Crippen MR) is 108 cm³/mol. The molecule has 3 heterocycles. The molecule has 0 atom stereocenters. The van der Waals surface area contributed by atoms with Gasteiger partial charge in [0, 0.05) is 39.4 Å². The first kappa shape index (κ1) is 19.4. The molecule has 1 aliphatic heterocycles. The predicted octanol–water partition coefficient (Wildman–Crippen LogP) is 2.08. The van der Waals surface area contributed by atoms with Crippen LogP contribution in [0, 0.1) is 5.82 Å². The van der Waals surface area contributed by atoms with Crippen LogP contribution in [0.15, 0.2) is 48.7 Å². The van der Waals surface area contributed by atoms with Crippen LogP contribution in [0.2, 0.25) is 0 Å². The minimum atomic E-state index is -0.333. The summed E-state index contributed by atoms with van der Waals surface area (Å²) in [6.45, 7) is 4.51. The van der Waals surface area contributed by atoms with Gasteiger partial charge >= 0.3 is 0 Å². The average molecular weight is 397 g/mol. The first-order chi connectivity index (χ1) is 14.1. The Morgan fingerprint density at radius 1 is 1.21 bits per heavy atom. The van der Waals surface area contributed by atoms with E-state index < -0.39 is 0 Å². The number of ether oxygens (including phenoxy) is 1. The Labute approximate surface area is 168 Å². The summed E-state index contributed by atoms with van der Waals surface area (Å²) in [7, 11) is 1.92. The normalized spacial score (nSPS) is 14.8. The molecule has 0 saturated carbocycles. The van der Waals surface area contributed by atoms with Crippen LogP contribution in [0.4, 0.5) is 4.39 Å². The highest BCUT2D eigenvalue weighted by Gasteiger charge is 2.19. The molecule has 0 unspecified atom stereocenters. The minimum absolute atomic E-state index is 0.212. The second kappa shape index (κ2) is 8.59. The van der Waals surface area contributed by atoms with E-state index in [9.17, 15) is 9.18 Å². The smallest absolute Gasteiger partial charge is 0.270 e. The fourth-order valence-corrected chi connectivity index (χ4v) is 3.42. The highest BCUT2D eigenvalue weighted by Crippen LogP contribution is 2.22. The van der Waals surface area contributed by atoms with Crippen LogP contribution in [0.5, 0.6) is 0 Å². The Balaban J connectivity index is 1.56. The van der Waals surface area contributed by atoms with E-state index in [-0.39, 0.29) is 11.7 Å². The number of aromatic nitrogens is 3. The molecular weight excluding hydrogens is 373 g/mol. The van der Waals surface area contributed by atoms with Gasteiger partial charge < -0.3 is 14.6 Å². The van der Waals surface area contributed by atoms with Crippen molar-refractivity contribution in [3.05, 3.63) is 60.2 Å². The van der Waals surface area contributed by atoms with Crippen LogP contribution < -0.4 is 5.32 Å². The molecule has 8 heteroatoms. The van der Waals surface area contributed by atoms with Crippen molar-refractivity contribution in [2.75, 3.05) is 39.4 Å². The van der Waals surface area contributed by atoms with Gasteiger partial charge in [0.2, 0.25) is 0 Å². The van der Waals surface area contributed by atoms with Crippen LogP contribution in [-0.4, -0.2) is 64.5 Å². The first-order valence-corrected chi connectivity index (χ1v) is 9.68. The second-order valence-electron chi connectivity index (χ2n) is 7.02. The molecule has 1 aromatic carbocycles.